The minimum atomic E-state index is 0.390. The second-order valence-corrected chi connectivity index (χ2v) is 8.66. The number of hydrogen-bond donors (Lipinski definition) is 0. The Kier molecular flexibility index (Phi) is 5.92. The van der Waals surface area contributed by atoms with Crippen molar-refractivity contribution >= 4 is 27.4 Å². The van der Waals surface area contributed by atoms with Gasteiger partial charge in [-0.2, -0.15) is 0 Å². The Morgan fingerprint density at radius 1 is 1.11 bits per heavy atom. The third-order valence-electron chi connectivity index (χ3n) is 5.67. The number of hydrogen-bond acceptors (Lipinski definition) is 7. The van der Waals surface area contributed by atoms with Gasteiger partial charge in [0.1, 0.15) is 16.5 Å². The van der Waals surface area contributed by atoms with Gasteiger partial charge in [0.2, 0.25) is 0 Å². The van der Waals surface area contributed by atoms with Gasteiger partial charge in [-0.3, -0.25) is 4.90 Å². The van der Waals surface area contributed by atoms with E-state index in [4.69, 9.17) is 19.4 Å². The zero-order valence-electron chi connectivity index (χ0n) is 16.7. The smallest absolute Gasteiger partial charge is 0.146 e. The van der Waals surface area contributed by atoms with Gasteiger partial charge >= 0.3 is 0 Å². The first-order valence-electron chi connectivity index (χ1n) is 10.1. The highest BCUT2D eigenvalue weighted by Gasteiger charge is 2.25. The van der Waals surface area contributed by atoms with Crippen LogP contribution in [0.3, 0.4) is 0 Å². The van der Waals surface area contributed by atoms with Crippen molar-refractivity contribution in [1.82, 2.24) is 14.9 Å². The largest absolute Gasteiger partial charge is 0.379 e. The van der Waals surface area contributed by atoms with Crippen LogP contribution in [0.15, 0.2) is 0 Å². The summed E-state index contributed by atoms with van der Waals surface area (Å²) in [6, 6.07) is 0. The van der Waals surface area contributed by atoms with Gasteiger partial charge in [0.15, 0.2) is 0 Å². The van der Waals surface area contributed by atoms with E-state index < -0.39 is 0 Å². The highest BCUT2D eigenvalue weighted by molar-refractivity contribution is 7.18. The van der Waals surface area contributed by atoms with Crippen LogP contribution in [0.25, 0.3) is 10.2 Å². The summed E-state index contributed by atoms with van der Waals surface area (Å²) >= 11 is 1.80. The van der Waals surface area contributed by atoms with Gasteiger partial charge in [-0.1, -0.05) is 0 Å². The Balaban J connectivity index is 1.63. The van der Waals surface area contributed by atoms with Crippen LogP contribution < -0.4 is 4.90 Å². The maximum atomic E-state index is 5.83. The topological polar surface area (TPSA) is 50.7 Å². The monoisotopic (exact) mass is 390 g/mol. The molecule has 0 bridgehead atoms. The summed E-state index contributed by atoms with van der Waals surface area (Å²) in [5, 5.41) is 1.25. The quantitative estimate of drug-likeness (QED) is 0.782. The Morgan fingerprint density at radius 2 is 1.85 bits per heavy atom. The van der Waals surface area contributed by atoms with Gasteiger partial charge < -0.3 is 14.4 Å². The lowest BCUT2D eigenvalue weighted by molar-refractivity contribution is 0.0331. The predicted molar refractivity (Wildman–Crippen MR) is 110 cm³/mol. The first-order valence-corrected chi connectivity index (χ1v) is 10.9. The van der Waals surface area contributed by atoms with Crippen molar-refractivity contribution in [3.05, 3.63) is 16.3 Å². The molecule has 0 spiro atoms. The summed E-state index contributed by atoms with van der Waals surface area (Å²) in [5.74, 6) is 2.06. The SMILES string of the molecule is CCOC1CCN(c2nc(CN3CCOCC3)nc3sc(C)c(C)c23)CC1. The molecule has 0 saturated carbocycles. The molecule has 2 aliphatic heterocycles. The lowest BCUT2D eigenvalue weighted by Crippen LogP contribution is -2.38. The molecule has 0 aliphatic carbocycles. The van der Waals surface area contributed by atoms with Crippen LogP contribution >= 0.6 is 11.3 Å². The Bertz CT molecular complexity index is 780. The lowest BCUT2D eigenvalue weighted by atomic mass is 10.1. The van der Waals surface area contributed by atoms with Crippen molar-refractivity contribution in [2.45, 2.75) is 46.3 Å². The van der Waals surface area contributed by atoms with Gasteiger partial charge in [-0.15, -0.1) is 11.3 Å². The summed E-state index contributed by atoms with van der Waals surface area (Å²) < 4.78 is 11.3. The number of nitrogens with zero attached hydrogens (tertiary/aromatic N) is 4. The van der Waals surface area contributed by atoms with E-state index in [1.165, 1.54) is 15.8 Å². The fraction of sp³-hybridized carbons (Fsp3) is 0.700. The number of piperidine rings is 1. The van der Waals surface area contributed by atoms with Gasteiger partial charge in [0, 0.05) is 37.7 Å². The molecule has 4 heterocycles. The average molecular weight is 391 g/mol. The van der Waals surface area contributed by atoms with E-state index in [-0.39, 0.29) is 0 Å². The van der Waals surface area contributed by atoms with E-state index in [0.717, 1.165) is 81.9 Å². The molecule has 0 radical (unpaired) electrons. The second-order valence-electron chi connectivity index (χ2n) is 7.46. The molecule has 7 heteroatoms. The number of thiophene rings is 1. The van der Waals surface area contributed by atoms with E-state index >= 15 is 0 Å². The van der Waals surface area contributed by atoms with Crippen molar-refractivity contribution in [3.63, 3.8) is 0 Å². The zero-order valence-corrected chi connectivity index (χ0v) is 17.5. The summed E-state index contributed by atoms with van der Waals surface area (Å²) in [4.78, 5) is 17.3. The molecule has 0 atom stereocenters. The van der Waals surface area contributed by atoms with Gasteiger partial charge in [0.05, 0.1) is 31.2 Å². The Morgan fingerprint density at radius 3 is 2.56 bits per heavy atom. The first kappa shape index (κ1) is 19.1. The molecule has 27 heavy (non-hydrogen) atoms. The van der Waals surface area contributed by atoms with Gasteiger partial charge in [-0.25, -0.2) is 9.97 Å². The fourth-order valence-electron chi connectivity index (χ4n) is 4.00. The third-order valence-corrected chi connectivity index (χ3v) is 6.77. The first-order chi connectivity index (χ1) is 13.2. The van der Waals surface area contributed by atoms with Crippen LogP contribution in [0.5, 0.6) is 0 Å². The van der Waals surface area contributed by atoms with Crippen LogP contribution in [-0.2, 0) is 16.0 Å². The lowest BCUT2D eigenvalue weighted by Gasteiger charge is -2.33. The van der Waals surface area contributed by atoms with E-state index in [9.17, 15) is 0 Å². The standard InChI is InChI=1S/C20H30N4O2S/c1-4-26-16-5-7-24(8-6-16)19-18-14(2)15(3)27-20(18)22-17(21-19)13-23-9-11-25-12-10-23/h16H,4-13H2,1-3H3. The number of aryl methyl sites for hydroxylation is 2. The molecule has 4 rings (SSSR count). The van der Waals surface area contributed by atoms with E-state index in [1.54, 1.807) is 11.3 Å². The van der Waals surface area contributed by atoms with Crippen molar-refractivity contribution in [2.24, 2.45) is 0 Å². The summed E-state index contributed by atoms with van der Waals surface area (Å²) in [5.41, 5.74) is 1.33. The molecule has 0 N–H and O–H groups in total. The number of aromatic nitrogens is 2. The number of anilines is 1. The normalized spacial score (nSPS) is 19.9. The van der Waals surface area contributed by atoms with E-state index in [2.05, 4.69) is 30.6 Å². The highest BCUT2D eigenvalue weighted by Crippen LogP contribution is 2.36. The number of morpholine rings is 1. The second kappa shape index (κ2) is 8.39. The van der Waals surface area contributed by atoms with Crippen LogP contribution in [-0.4, -0.2) is 67.0 Å². The molecule has 2 aromatic rings. The van der Waals surface area contributed by atoms with Gasteiger partial charge in [0.25, 0.3) is 0 Å². The number of rotatable bonds is 5. The molecule has 2 aliphatic rings. The number of ether oxygens (including phenoxy) is 2. The molecule has 148 valence electrons. The van der Waals surface area contributed by atoms with Crippen molar-refractivity contribution in [2.75, 3.05) is 50.9 Å². The number of fused-ring (bicyclic) bond motifs is 1. The molecule has 0 unspecified atom stereocenters. The molecule has 0 aromatic carbocycles. The Labute approximate surface area is 165 Å². The zero-order chi connectivity index (χ0) is 18.8. The maximum Gasteiger partial charge on any atom is 0.146 e. The average Bonchev–Trinajstić information content (AvgIpc) is 2.97. The van der Waals surface area contributed by atoms with Crippen LogP contribution in [0.1, 0.15) is 36.0 Å². The fourth-order valence-corrected chi connectivity index (χ4v) is 5.04. The molecule has 6 nitrogen and oxygen atoms in total. The molecular formula is C20H30N4O2S. The predicted octanol–water partition coefficient (Wildman–Crippen LogP) is 3.15. The molecule has 2 aromatic heterocycles. The molecule has 2 fully saturated rings. The summed E-state index contributed by atoms with van der Waals surface area (Å²) in [7, 11) is 0. The van der Waals surface area contributed by atoms with E-state index in [1.807, 2.05) is 0 Å². The highest BCUT2D eigenvalue weighted by atomic mass is 32.1. The Hall–Kier alpha value is -1.28. The molecular weight excluding hydrogens is 360 g/mol. The van der Waals surface area contributed by atoms with Crippen LogP contribution in [0.2, 0.25) is 0 Å². The van der Waals surface area contributed by atoms with Crippen molar-refractivity contribution < 1.29 is 9.47 Å². The summed E-state index contributed by atoms with van der Waals surface area (Å²) in [6.07, 6.45) is 2.53. The minimum Gasteiger partial charge on any atom is -0.379 e. The van der Waals surface area contributed by atoms with E-state index in [0.29, 0.717) is 6.10 Å². The van der Waals surface area contributed by atoms with Gasteiger partial charge in [-0.05, 0) is 39.2 Å². The summed E-state index contributed by atoms with van der Waals surface area (Å²) in [6.45, 7) is 13.6. The van der Waals surface area contributed by atoms with Crippen LogP contribution in [0, 0.1) is 13.8 Å². The third kappa shape index (κ3) is 4.11. The molecule has 2 saturated heterocycles. The van der Waals surface area contributed by atoms with Crippen molar-refractivity contribution in [1.29, 1.82) is 0 Å². The van der Waals surface area contributed by atoms with Crippen LogP contribution in [0.4, 0.5) is 5.82 Å². The van der Waals surface area contributed by atoms with Crippen molar-refractivity contribution in [3.8, 4) is 0 Å². The minimum absolute atomic E-state index is 0.390. The maximum absolute atomic E-state index is 5.83. The molecule has 0 amide bonds.